The van der Waals surface area contributed by atoms with E-state index in [9.17, 15) is 0 Å². The van der Waals surface area contributed by atoms with Crippen LogP contribution in [-0.4, -0.2) is 16.1 Å². The second-order valence-corrected chi connectivity index (χ2v) is 42.3. The van der Waals surface area contributed by atoms with Gasteiger partial charge >= 0.3 is 0 Å². The Kier molecular flexibility index (Phi) is 27.2. The lowest BCUT2D eigenvalue weighted by atomic mass is 9.86. The van der Waals surface area contributed by atoms with Crippen molar-refractivity contribution in [3.05, 3.63) is 347 Å². The SMILES string of the molecule is Cc1ccc(-c2ccc(C(C)(C)C)cc2)cc1.Cc1ccc(-c2ccc([Si](C)(C)C)cc2)cc1.Cc1ccc(C)c(-c2ccccc2)c1.Cc1cccc(-c2ccc(C(C)(C)C)cc2)c1.Cc1cccc(-c2ccc(C(C)(C)C)cc2)c1.Cc1cccc(-c2ccc([Si](C)(C)C)cc2)c1. The van der Waals surface area contributed by atoms with Gasteiger partial charge in [-0.2, -0.15) is 0 Å². The van der Waals surface area contributed by atoms with Crippen molar-refractivity contribution >= 4 is 26.5 Å². The van der Waals surface area contributed by atoms with Gasteiger partial charge in [-0.25, -0.2) is 0 Å². The summed E-state index contributed by atoms with van der Waals surface area (Å²) in [5.74, 6) is 0. The predicted molar refractivity (Wildman–Crippen MR) is 446 cm³/mol. The minimum atomic E-state index is -1.17. The van der Waals surface area contributed by atoms with Gasteiger partial charge in [0.2, 0.25) is 0 Å². The molecule has 0 aromatic heterocycles. The Labute approximate surface area is 602 Å². The molecular weight excluding hydrogens is 1220 g/mol. The summed E-state index contributed by atoms with van der Waals surface area (Å²) in [4.78, 5) is 0. The first-order valence-electron chi connectivity index (χ1n) is 35.6. The zero-order chi connectivity index (χ0) is 72.3. The Morgan fingerprint density at radius 2 is 0.424 bits per heavy atom. The monoisotopic (exact) mass is 1330 g/mol. The zero-order valence-corrected chi connectivity index (χ0v) is 66.2. The standard InChI is InChI=1S/3C17H20.2C16H20Si.C14H14/c1-13-5-7-14(8-6-13)15-9-11-16(12-10-15)17(2,3)4;2*1-13-6-5-7-15(12-13)14-8-10-16(11-9-14)17(2,3)4;1-13-5-7-14(8-6-13)15-9-11-16(12-10-15)17(2,3)4;1-13-6-5-7-15(12-13)14-8-10-16(11-9-14)17(2,3)4;1-11-8-9-12(2)14(10-11)13-6-4-3-5-7-13/h5*5-12H,1-4H3;3-10H,1-2H3. The third kappa shape index (κ3) is 24.5. The first kappa shape index (κ1) is 77.4. The first-order valence-corrected chi connectivity index (χ1v) is 42.6. The molecule has 0 atom stereocenters. The van der Waals surface area contributed by atoms with E-state index < -0.39 is 16.1 Å². The van der Waals surface area contributed by atoms with Gasteiger partial charge in [0, 0.05) is 0 Å². The summed E-state index contributed by atoms with van der Waals surface area (Å²) in [6, 6.07) is 105. The molecule has 0 spiro atoms. The van der Waals surface area contributed by atoms with Crippen LogP contribution in [0.5, 0.6) is 0 Å². The summed E-state index contributed by atoms with van der Waals surface area (Å²) < 4.78 is 0. The molecule has 12 aromatic carbocycles. The van der Waals surface area contributed by atoms with Crippen molar-refractivity contribution < 1.29 is 0 Å². The van der Waals surface area contributed by atoms with E-state index in [-0.39, 0.29) is 16.2 Å². The van der Waals surface area contributed by atoms with E-state index >= 15 is 0 Å². The summed E-state index contributed by atoms with van der Waals surface area (Å²) >= 11 is 0. The largest absolute Gasteiger partial charge is 0.0775 e. The molecule has 0 saturated heterocycles. The molecule has 99 heavy (non-hydrogen) atoms. The molecule has 0 saturated carbocycles. The summed E-state index contributed by atoms with van der Waals surface area (Å²) in [5, 5.41) is 3.04. The molecule has 0 aliphatic rings. The molecule has 0 fully saturated rings. The van der Waals surface area contributed by atoms with E-state index in [0.29, 0.717) is 0 Å². The number of hydrogen-bond acceptors (Lipinski definition) is 0. The lowest BCUT2D eigenvalue weighted by molar-refractivity contribution is 0.590. The fourth-order valence-electron chi connectivity index (χ4n) is 11.4. The summed E-state index contributed by atoms with van der Waals surface area (Å²) in [7, 11) is -2.33. The van der Waals surface area contributed by atoms with Crippen LogP contribution in [-0.2, 0) is 16.2 Å². The quantitative estimate of drug-likeness (QED) is 0.133. The Morgan fingerprint density at radius 3 is 0.687 bits per heavy atom. The second-order valence-electron chi connectivity index (χ2n) is 32.2. The van der Waals surface area contributed by atoms with E-state index in [0.717, 1.165) is 0 Å². The van der Waals surface area contributed by atoms with E-state index in [4.69, 9.17) is 0 Å². The normalized spacial score (nSPS) is 11.3. The number of rotatable bonds is 8. The van der Waals surface area contributed by atoms with Gasteiger partial charge in [-0.05, 0) is 154 Å². The zero-order valence-electron chi connectivity index (χ0n) is 64.2. The predicted octanol–water partition coefficient (Wildman–Crippen LogP) is 27.3. The molecule has 0 N–H and O–H groups in total. The minimum Gasteiger partial charge on any atom is -0.0656 e. The highest BCUT2D eigenvalue weighted by Gasteiger charge is 2.19. The lowest BCUT2D eigenvalue weighted by Crippen LogP contribution is -2.37. The van der Waals surface area contributed by atoms with Crippen molar-refractivity contribution in [3.8, 4) is 66.8 Å². The fraction of sp³-hybridized carbons (Fsp3) is 0.258. The molecular formula is C97H114Si2. The van der Waals surface area contributed by atoms with E-state index in [1.807, 2.05) is 0 Å². The number of aryl methyl sites for hydroxylation is 7. The van der Waals surface area contributed by atoms with E-state index in [1.54, 1.807) is 0 Å². The third-order valence-corrected chi connectivity index (χ3v) is 22.2. The molecule has 12 aromatic rings. The van der Waals surface area contributed by atoms with Crippen molar-refractivity contribution in [2.75, 3.05) is 0 Å². The maximum absolute atomic E-state index is 2.38. The van der Waals surface area contributed by atoms with E-state index in [2.05, 4.69) is 441 Å². The minimum absolute atomic E-state index is 0.227. The van der Waals surface area contributed by atoms with Crippen molar-refractivity contribution in [1.29, 1.82) is 0 Å². The second kappa shape index (κ2) is 34.7. The van der Waals surface area contributed by atoms with Gasteiger partial charge in [0.25, 0.3) is 0 Å². The van der Waals surface area contributed by atoms with Gasteiger partial charge in [-0.1, -0.05) is 437 Å². The average Bonchev–Trinajstić information content (AvgIpc) is 0.882. The van der Waals surface area contributed by atoms with Gasteiger partial charge in [0.15, 0.2) is 0 Å². The fourth-order valence-corrected chi connectivity index (χ4v) is 13.8. The van der Waals surface area contributed by atoms with Crippen molar-refractivity contribution in [3.63, 3.8) is 0 Å². The van der Waals surface area contributed by atoms with E-state index in [1.165, 1.54) is 133 Å². The maximum atomic E-state index is 2.38. The van der Waals surface area contributed by atoms with Gasteiger partial charge in [-0.15, -0.1) is 0 Å². The van der Waals surface area contributed by atoms with Gasteiger partial charge in [0.05, 0.1) is 16.1 Å². The molecule has 0 amide bonds. The molecule has 510 valence electrons. The highest BCUT2D eigenvalue weighted by atomic mass is 28.3. The summed E-state index contributed by atoms with van der Waals surface area (Å²) in [6.45, 7) is 49.4. The number of benzene rings is 12. The molecule has 0 bridgehead atoms. The Hall–Kier alpha value is -8.93. The maximum Gasteiger partial charge on any atom is 0.0775 e. The molecule has 0 aliphatic heterocycles. The van der Waals surface area contributed by atoms with Crippen LogP contribution in [0, 0.1) is 48.5 Å². The Balaban J connectivity index is 0.000000167. The molecule has 0 aliphatic carbocycles. The van der Waals surface area contributed by atoms with Crippen LogP contribution in [0.4, 0.5) is 0 Å². The Bertz CT molecular complexity index is 4070. The van der Waals surface area contributed by atoms with Gasteiger partial charge < -0.3 is 0 Å². The highest BCUT2D eigenvalue weighted by Crippen LogP contribution is 2.31. The average molecular weight is 1340 g/mol. The lowest BCUT2D eigenvalue weighted by Gasteiger charge is -2.19. The molecule has 0 radical (unpaired) electrons. The molecule has 2 heteroatoms. The molecule has 0 nitrogen and oxygen atoms in total. The van der Waals surface area contributed by atoms with Crippen LogP contribution >= 0.6 is 0 Å². The van der Waals surface area contributed by atoms with Gasteiger partial charge in [0.1, 0.15) is 0 Å². The van der Waals surface area contributed by atoms with Crippen LogP contribution in [0.25, 0.3) is 66.8 Å². The van der Waals surface area contributed by atoms with Crippen LogP contribution in [0.15, 0.2) is 291 Å². The smallest absolute Gasteiger partial charge is 0.0656 e. The van der Waals surface area contributed by atoms with Crippen molar-refractivity contribution in [1.82, 2.24) is 0 Å². The van der Waals surface area contributed by atoms with Crippen LogP contribution in [0.3, 0.4) is 0 Å². The highest BCUT2D eigenvalue weighted by molar-refractivity contribution is 6.89. The molecule has 0 unspecified atom stereocenters. The first-order chi connectivity index (χ1) is 46.6. The van der Waals surface area contributed by atoms with Crippen LogP contribution in [0.2, 0.25) is 39.3 Å². The van der Waals surface area contributed by atoms with Crippen LogP contribution < -0.4 is 10.4 Å². The molecule has 12 rings (SSSR count). The number of hydrogen-bond donors (Lipinski definition) is 0. The van der Waals surface area contributed by atoms with Crippen molar-refractivity contribution in [2.24, 2.45) is 0 Å². The van der Waals surface area contributed by atoms with Crippen molar-refractivity contribution in [2.45, 2.75) is 166 Å². The summed E-state index contributed by atoms with van der Waals surface area (Å²) in [5.41, 5.74) is 29.7. The third-order valence-electron chi connectivity index (χ3n) is 18.1. The summed E-state index contributed by atoms with van der Waals surface area (Å²) in [6.07, 6.45) is 0. The van der Waals surface area contributed by atoms with Crippen LogP contribution in [0.1, 0.15) is 118 Å². The topological polar surface area (TPSA) is 0 Å². The molecule has 0 heterocycles. The van der Waals surface area contributed by atoms with Gasteiger partial charge in [-0.3, -0.25) is 0 Å². The Morgan fingerprint density at radius 1 is 0.192 bits per heavy atom.